The summed E-state index contributed by atoms with van der Waals surface area (Å²) in [7, 11) is 5.74. The van der Waals surface area contributed by atoms with Crippen LogP contribution in [-0.2, 0) is 0 Å². The molecule has 2 nitrogen and oxygen atoms in total. The molecule has 0 spiro atoms. The lowest BCUT2D eigenvalue weighted by molar-refractivity contribution is 0.415. The van der Waals surface area contributed by atoms with Crippen LogP contribution < -0.4 is 9.64 Å². The van der Waals surface area contributed by atoms with E-state index in [1.807, 2.05) is 32.3 Å². The Labute approximate surface area is 116 Å². The lowest BCUT2D eigenvalue weighted by Gasteiger charge is -2.15. The number of rotatable bonds is 2. The number of hydrogen-bond donors (Lipinski definition) is 0. The summed E-state index contributed by atoms with van der Waals surface area (Å²) in [4.78, 5) is 2.07. The third-order valence-electron chi connectivity index (χ3n) is 3.34. The average molecular weight is 255 g/mol. The standard InChI is InChI=1S/C17H21NO/c1-18(2)17-13-16(19-3)12-11-15(17)10-9-14-7-5-4-6-8-14/h7,11-13H,4-6,8H2,1-3H3. The van der Waals surface area contributed by atoms with E-state index in [2.05, 4.69) is 22.8 Å². The van der Waals surface area contributed by atoms with Gasteiger partial charge in [-0.05, 0) is 43.4 Å². The normalized spacial score (nSPS) is 14.2. The third kappa shape index (κ3) is 3.54. The molecule has 0 aromatic heterocycles. The van der Waals surface area contributed by atoms with Crippen LogP contribution in [0.4, 0.5) is 5.69 Å². The van der Waals surface area contributed by atoms with Gasteiger partial charge in [-0.3, -0.25) is 0 Å². The summed E-state index contributed by atoms with van der Waals surface area (Å²) in [5, 5.41) is 0. The van der Waals surface area contributed by atoms with Gasteiger partial charge in [0, 0.05) is 25.7 Å². The summed E-state index contributed by atoms with van der Waals surface area (Å²) in [6.07, 6.45) is 7.14. The number of ether oxygens (including phenoxy) is 1. The van der Waals surface area contributed by atoms with Crippen LogP contribution in [0, 0.1) is 11.8 Å². The highest BCUT2D eigenvalue weighted by atomic mass is 16.5. The molecule has 100 valence electrons. The Morgan fingerprint density at radius 2 is 2.00 bits per heavy atom. The van der Waals surface area contributed by atoms with Gasteiger partial charge in [0.25, 0.3) is 0 Å². The highest BCUT2D eigenvalue weighted by Gasteiger charge is 2.05. The van der Waals surface area contributed by atoms with Crippen molar-refractivity contribution in [3.05, 3.63) is 35.4 Å². The molecule has 0 unspecified atom stereocenters. The largest absolute Gasteiger partial charge is 0.497 e. The van der Waals surface area contributed by atoms with Gasteiger partial charge in [-0.2, -0.15) is 0 Å². The quantitative estimate of drug-likeness (QED) is 0.748. The number of hydrogen-bond acceptors (Lipinski definition) is 2. The van der Waals surface area contributed by atoms with Crippen molar-refractivity contribution < 1.29 is 4.74 Å². The van der Waals surface area contributed by atoms with E-state index >= 15 is 0 Å². The minimum absolute atomic E-state index is 0.867. The van der Waals surface area contributed by atoms with Gasteiger partial charge in [0.1, 0.15) is 5.75 Å². The lowest BCUT2D eigenvalue weighted by atomic mass is 9.99. The molecule has 2 rings (SSSR count). The molecule has 19 heavy (non-hydrogen) atoms. The Bertz CT molecular complexity index is 532. The molecular weight excluding hydrogens is 234 g/mol. The van der Waals surface area contributed by atoms with Gasteiger partial charge in [-0.15, -0.1) is 0 Å². The van der Waals surface area contributed by atoms with Crippen molar-refractivity contribution in [2.75, 3.05) is 26.1 Å². The van der Waals surface area contributed by atoms with Crippen LogP contribution in [0.1, 0.15) is 31.2 Å². The zero-order valence-electron chi connectivity index (χ0n) is 12.0. The van der Waals surface area contributed by atoms with Crippen LogP contribution in [0.15, 0.2) is 29.8 Å². The predicted octanol–water partition coefficient (Wildman–Crippen LogP) is 3.61. The Morgan fingerprint density at radius 1 is 1.16 bits per heavy atom. The zero-order chi connectivity index (χ0) is 13.7. The smallest absolute Gasteiger partial charge is 0.121 e. The second-order valence-corrected chi connectivity index (χ2v) is 5.00. The van der Waals surface area contributed by atoms with Crippen molar-refractivity contribution in [2.24, 2.45) is 0 Å². The van der Waals surface area contributed by atoms with E-state index < -0.39 is 0 Å². The maximum atomic E-state index is 5.27. The first-order valence-corrected chi connectivity index (χ1v) is 6.77. The molecule has 1 aromatic rings. The molecule has 0 saturated carbocycles. The van der Waals surface area contributed by atoms with Gasteiger partial charge in [0.15, 0.2) is 0 Å². The third-order valence-corrected chi connectivity index (χ3v) is 3.34. The Hall–Kier alpha value is -1.88. The first kappa shape index (κ1) is 13.5. The van der Waals surface area contributed by atoms with Crippen molar-refractivity contribution in [3.8, 4) is 17.6 Å². The van der Waals surface area contributed by atoms with E-state index in [0.717, 1.165) is 23.4 Å². The topological polar surface area (TPSA) is 12.5 Å². The van der Waals surface area contributed by atoms with E-state index in [1.54, 1.807) is 7.11 Å². The molecule has 0 amide bonds. The van der Waals surface area contributed by atoms with E-state index in [1.165, 1.54) is 24.8 Å². The summed E-state index contributed by atoms with van der Waals surface area (Å²) in [6, 6.07) is 6.02. The maximum absolute atomic E-state index is 5.27. The van der Waals surface area contributed by atoms with E-state index in [-0.39, 0.29) is 0 Å². The van der Waals surface area contributed by atoms with Gasteiger partial charge in [-0.1, -0.05) is 17.9 Å². The van der Waals surface area contributed by atoms with Gasteiger partial charge >= 0.3 is 0 Å². The number of nitrogens with zero attached hydrogens (tertiary/aromatic N) is 1. The van der Waals surface area contributed by atoms with Crippen LogP contribution in [0.5, 0.6) is 5.75 Å². The summed E-state index contributed by atoms with van der Waals surface area (Å²) >= 11 is 0. The molecule has 0 fully saturated rings. The van der Waals surface area contributed by atoms with Crippen LogP contribution >= 0.6 is 0 Å². The molecule has 0 saturated heterocycles. The van der Waals surface area contributed by atoms with Gasteiger partial charge < -0.3 is 9.64 Å². The van der Waals surface area contributed by atoms with E-state index in [9.17, 15) is 0 Å². The second kappa shape index (κ2) is 6.33. The molecule has 0 radical (unpaired) electrons. The van der Waals surface area contributed by atoms with Crippen molar-refractivity contribution in [1.82, 2.24) is 0 Å². The number of methoxy groups -OCH3 is 1. The molecule has 1 aliphatic rings. The fourth-order valence-electron chi connectivity index (χ4n) is 2.21. The fourth-order valence-corrected chi connectivity index (χ4v) is 2.21. The summed E-state index contributed by atoms with van der Waals surface area (Å²) in [6.45, 7) is 0. The first-order chi connectivity index (χ1) is 9.20. The van der Waals surface area contributed by atoms with Gasteiger partial charge in [0.05, 0.1) is 12.8 Å². The van der Waals surface area contributed by atoms with Crippen LogP contribution in [0.25, 0.3) is 0 Å². The molecule has 1 aliphatic carbocycles. The van der Waals surface area contributed by atoms with Gasteiger partial charge in [-0.25, -0.2) is 0 Å². The maximum Gasteiger partial charge on any atom is 0.121 e. The monoisotopic (exact) mass is 255 g/mol. The minimum Gasteiger partial charge on any atom is -0.497 e. The zero-order valence-corrected chi connectivity index (χ0v) is 12.0. The van der Waals surface area contributed by atoms with Crippen molar-refractivity contribution >= 4 is 5.69 Å². The molecular formula is C17H21NO. The van der Waals surface area contributed by atoms with Crippen LogP contribution in [0.3, 0.4) is 0 Å². The van der Waals surface area contributed by atoms with Gasteiger partial charge in [0.2, 0.25) is 0 Å². The highest BCUT2D eigenvalue weighted by molar-refractivity contribution is 5.63. The molecule has 0 N–H and O–H groups in total. The first-order valence-electron chi connectivity index (χ1n) is 6.77. The van der Waals surface area contributed by atoms with Crippen molar-refractivity contribution in [3.63, 3.8) is 0 Å². The van der Waals surface area contributed by atoms with Crippen molar-refractivity contribution in [1.29, 1.82) is 0 Å². The Kier molecular flexibility index (Phi) is 4.52. The van der Waals surface area contributed by atoms with Crippen molar-refractivity contribution in [2.45, 2.75) is 25.7 Å². The number of allylic oxidation sites excluding steroid dienone is 2. The minimum atomic E-state index is 0.867. The molecule has 0 aliphatic heterocycles. The second-order valence-electron chi connectivity index (χ2n) is 5.00. The highest BCUT2D eigenvalue weighted by Crippen LogP contribution is 2.24. The van der Waals surface area contributed by atoms with E-state index in [0.29, 0.717) is 0 Å². The number of anilines is 1. The fraction of sp³-hybridized carbons (Fsp3) is 0.412. The molecule has 0 bridgehead atoms. The molecule has 0 atom stereocenters. The molecule has 1 aromatic carbocycles. The Balaban J connectivity index is 2.29. The SMILES string of the molecule is COc1ccc(C#CC2=CCCCC2)c(N(C)C)c1. The molecule has 0 heterocycles. The number of benzene rings is 1. The Morgan fingerprint density at radius 3 is 2.63 bits per heavy atom. The summed E-state index contributed by atoms with van der Waals surface area (Å²) in [5.41, 5.74) is 3.44. The summed E-state index contributed by atoms with van der Waals surface area (Å²) < 4.78 is 5.27. The average Bonchev–Trinajstić information content (AvgIpc) is 2.46. The summed E-state index contributed by atoms with van der Waals surface area (Å²) in [5.74, 6) is 7.48. The molecule has 2 heteroatoms. The van der Waals surface area contributed by atoms with Crippen LogP contribution in [0.2, 0.25) is 0 Å². The van der Waals surface area contributed by atoms with E-state index in [4.69, 9.17) is 4.74 Å². The van der Waals surface area contributed by atoms with Crippen LogP contribution in [-0.4, -0.2) is 21.2 Å². The predicted molar refractivity (Wildman–Crippen MR) is 80.8 cm³/mol. The lowest BCUT2D eigenvalue weighted by Crippen LogP contribution is -2.10.